The van der Waals surface area contributed by atoms with Gasteiger partial charge in [-0.15, -0.1) is 12.8 Å². The Balaban J connectivity index is 0.000000212. The van der Waals surface area contributed by atoms with Crippen LogP contribution in [-0.4, -0.2) is 9.52 Å². The van der Waals surface area contributed by atoms with Crippen LogP contribution in [-0.2, 0) is 26.2 Å². The SMILES string of the molecule is C1CC[Si]C1.[C-]1=CC(c2cccc3ccccc23)=CC1.[C-]1=CC(c2cccc3ccccc23)=CC1.[Cl-].[Cl-].[Zr+4]. The maximum Gasteiger partial charge on any atom is 4.00 e. The van der Waals surface area contributed by atoms with Crippen molar-refractivity contribution >= 4 is 42.2 Å². The second-order valence-electron chi connectivity index (χ2n) is 8.93. The Morgan fingerprint density at radius 3 is 1.32 bits per heavy atom. The number of benzene rings is 4. The largest absolute Gasteiger partial charge is 4.00 e. The van der Waals surface area contributed by atoms with Gasteiger partial charge in [-0.3, -0.25) is 12.2 Å². The van der Waals surface area contributed by atoms with Gasteiger partial charge in [0, 0.05) is 9.52 Å². The molecule has 1 heterocycles. The normalized spacial score (nSPS) is 14.6. The first-order valence-corrected chi connectivity index (χ1v) is 14.0. The maximum absolute atomic E-state index is 3.22. The van der Waals surface area contributed by atoms with Gasteiger partial charge in [-0.25, -0.2) is 12.2 Å². The second kappa shape index (κ2) is 16.9. The maximum atomic E-state index is 3.22. The molecule has 0 N–H and O–H groups in total. The predicted octanol–water partition coefficient (Wildman–Crippen LogP) is 3.30. The van der Waals surface area contributed by atoms with E-state index in [0.717, 1.165) is 12.8 Å². The van der Waals surface area contributed by atoms with Gasteiger partial charge >= 0.3 is 26.2 Å². The van der Waals surface area contributed by atoms with Crippen molar-refractivity contribution in [1.82, 2.24) is 0 Å². The third-order valence-corrected chi connectivity index (χ3v) is 7.97. The molecule has 1 fully saturated rings. The first-order valence-electron chi connectivity index (χ1n) is 12.6. The van der Waals surface area contributed by atoms with Crippen LogP contribution in [0, 0.1) is 12.2 Å². The van der Waals surface area contributed by atoms with Crippen molar-refractivity contribution in [1.29, 1.82) is 0 Å². The van der Waals surface area contributed by atoms with Crippen molar-refractivity contribution in [3.63, 3.8) is 0 Å². The van der Waals surface area contributed by atoms with Crippen molar-refractivity contribution in [2.24, 2.45) is 0 Å². The van der Waals surface area contributed by atoms with E-state index in [4.69, 9.17) is 0 Å². The smallest absolute Gasteiger partial charge is 1.00 e. The summed E-state index contributed by atoms with van der Waals surface area (Å²) in [5.41, 5.74) is 5.23. The molecule has 0 saturated carbocycles. The quantitative estimate of drug-likeness (QED) is 0.236. The third kappa shape index (κ3) is 8.27. The van der Waals surface area contributed by atoms with Crippen molar-refractivity contribution in [2.75, 3.05) is 0 Å². The van der Waals surface area contributed by atoms with E-state index in [-0.39, 0.29) is 51.0 Å². The summed E-state index contributed by atoms with van der Waals surface area (Å²) in [5, 5.41) is 5.25. The van der Waals surface area contributed by atoms with Crippen molar-refractivity contribution in [2.45, 2.75) is 37.8 Å². The Morgan fingerprint density at radius 1 is 0.526 bits per heavy atom. The Hall–Kier alpha value is -1.96. The first kappa shape index (κ1) is 32.3. The summed E-state index contributed by atoms with van der Waals surface area (Å²) in [6.07, 6.45) is 20.0. The second-order valence-corrected chi connectivity index (χ2v) is 10.4. The van der Waals surface area contributed by atoms with Crippen LogP contribution in [0.2, 0.25) is 12.1 Å². The molecule has 1 saturated heterocycles. The summed E-state index contributed by atoms with van der Waals surface area (Å²) in [5.74, 6) is 0. The minimum absolute atomic E-state index is 0. The zero-order valence-electron chi connectivity index (χ0n) is 21.4. The molecule has 7 rings (SSSR count). The minimum atomic E-state index is 0. The van der Waals surface area contributed by atoms with Gasteiger partial charge in [-0.1, -0.05) is 121 Å². The van der Waals surface area contributed by atoms with Crippen LogP contribution in [0.4, 0.5) is 0 Å². The molecule has 4 aromatic carbocycles. The zero-order valence-corrected chi connectivity index (χ0v) is 26.4. The summed E-state index contributed by atoms with van der Waals surface area (Å²) in [7, 11) is 1.31. The zero-order chi connectivity index (χ0) is 23.7. The number of hydrogen-bond acceptors (Lipinski definition) is 0. The first-order chi connectivity index (χ1) is 17.4. The summed E-state index contributed by atoms with van der Waals surface area (Å²) < 4.78 is 0. The Labute approximate surface area is 261 Å². The monoisotopic (exact) mass is 626 g/mol. The van der Waals surface area contributed by atoms with Crippen LogP contribution in [0.5, 0.6) is 0 Å². The van der Waals surface area contributed by atoms with Gasteiger partial charge in [0.25, 0.3) is 0 Å². The van der Waals surface area contributed by atoms with Gasteiger partial charge in [0.2, 0.25) is 0 Å². The van der Waals surface area contributed by atoms with Gasteiger partial charge in [0.05, 0.1) is 0 Å². The molecule has 0 aromatic heterocycles. The van der Waals surface area contributed by atoms with E-state index < -0.39 is 0 Å². The van der Waals surface area contributed by atoms with Gasteiger partial charge in [0.15, 0.2) is 0 Å². The summed E-state index contributed by atoms with van der Waals surface area (Å²) in [6, 6.07) is 33.0. The average Bonchev–Trinajstić information content (AvgIpc) is 3.74. The molecule has 0 nitrogen and oxygen atoms in total. The van der Waals surface area contributed by atoms with Gasteiger partial charge in [-0.2, -0.15) is 23.3 Å². The van der Waals surface area contributed by atoms with E-state index in [9.17, 15) is 0 Å². The molecule has 0 spiro atoms. The number of rotatable bonds is 2. The van der Waals surface area contributed by atoms with E-state index in [0.29, 0.717) is 0 Å². The van der Waals surface area contributed by atoms with E-state index in [1.54, 1.807) is 0 Å². The minimum Gasteiger partial charge on any atom is -1.00 e. The molecule has 0 unspecified atom stereocenters. The molecule has 0 bridgehead atoms. The van der Waals surface area contributed by atoms with Gasteiger partial charge in [-0.05, 0) is 21.5 Å². The Bertz CT molecular complexity index is 1310. The Kier molecular flexibility index (Phi) is 14.3. The van der Waals surface area contributed by atoms with Crippen LogP contribution < -0.4 is 24.8 Å². The molecule has 3 aliphatic rings. The predicted molar refractivity (Wildman–Crippen MR) is 153 cm³/mol. The van der Waals surface area contributed by atoms with E-state index in [1.807, 2.05) is 0 Å². The van der Waals surface area contributed by atoms with Crippen molar-refractivity contribution in [3.8, 4) is 0 Å². The van der Waals surface area contributed by atoms with E-state index in [2.05, 4.69) is 121 Å². The fourth-order valence-electron chi connectivity index (χ4n) is 4.75. The Morgan fingerprint density at radius 2 is 0.947 bits per heavy atom. The van der Waals surface area contributed by atoms with Crippen LogP contribution >= 0.6 is 0 Å². The fourth-order valence-corrected chi connectivity index (χ4v) is 6.00. The van der Waals surface area contributed by atoms with Gasteiger partial charge < -0.3 is 24.8 Å². The number of hydrogen-bond donors (Lipinski definition) is 0. The number of allylic oxidation sites excluding steroid dienone is 8. The van der Waals surface area contributed by atoms with E-state index in [1.165, 1.54) is 78.3 Å². The molecular formula is C34H30Cl2SiZr. The van der Waals surface area contributed by atoms with Crippen LogP contribution in [0.15, 0.2) is 109 Å². The summed E-state index contributed by atoms with van der Waals surface area (Å²) >= 11 is 0. The molecule has 4 aromatic rings. The molecular weight excluding hydrogens is 599 g/mol. The third-order valence-electron chi connectivity index (χ3n) is 6.55. The molecule has 188 valence electrons. The van der Waals surface area contributed by atoms with Crippen molar-refractivity contribution < 1.29 is 51.0 Å². The fraction of sp³-hybridized carbons (Fsp3) is 0.176. The van der Waals surface area contributed by atoms with Crippen LogP contribution in [0.1, 0.15) is 36.8 Å². The molecule has 38 heavy (non-hydrogen) atoms. The molecule has 0 amide bonds. The molecule has 2 aliphatic carbocycles. The van der Waals surface area contributed by atoms with Crippen molar-refractivity contribution in [3.05, 3.63) is 133 Å². The topological polar surface area (TPSA) is 0 Å². The number of fused-ring (bicyclic) bond motifs is 2. The molecule has 2 radical (unpaired) electrons. The molecule has 4 heteroatoms. The van der Waals surface area contributed by atoms with Crippen LogP contribution in [0.3, 0.4) is 0 Å². The molecule has 1 aliphatic heterocycles. The van der Waals surface area contributed by atoms with Crippen LogP contribution in [0.25, 0.3) is 32.7 Å². The number of halogens is 2. The summed E-state index contributed by atoms with van der Waals surface area (Å²) in [6.45, 7) is 0. The standard InChI is InChI=1S/2C15H11.C4H8Si.2ClH.Zr/c2*1-2-7-12(6-1)15-11-5-9-13-8-3-4-10-14(13)15;1-2-4-5-3-1;;;/h2*3-11H,1H2;1-4H2;2*1H;/q2*-1;;;;+4/p-2. The average molecular weight is 629 g/mol. The van der Waals surface area contributed by atoms with Gasteiger partial charge in [0.1, 0.15) is 0 Å². The summed E-state index contributed by atoms with van der Waals surface area (Å²) in [4.78, 5) is 0. The molecule has 0 atom stereocenters. The van der Waals surface area contributed by atoms with E-state index >= 15 is 0 Å².